The smallest absolute Gasteiger partial charge is 0.342 e. The van der Waals surface area contributed by atoms with Crippen molar-refractivity contribution in [1.82, 2.24) is 4.90 Å². The molecule has 0 aromatic carbocycles. The molecule has 0 bridgehead atoms. The zero-order chi connectivity index (χ0) is 15.3. The molecular formula is C17H29NO3. The summed E-state index contributed by atoms with van der Waals surface area (Å²) in [6, 6.07) is 0. The highest BCUT2D eigenvalue weighted by molar-refractivity contribution is 5.82. The van der Waals surface area contributed by atoms with Gasteiger partial charge in [0.15, 0.2) is 5.60 Å². The third kappa shape index (κ3) is 4.07. The van der Waals surface area contributed by atoms with E-state index in [0.29, 0.717) is 0 Å². The first-order valence-corrected chi connectivity index (χ1v) is 8.36. The summed E-state index contributed by atoms with van der Waals surface area (Å²) < 4.78 is 5.65. The number of esters is 1. The second kappa shape index (κ2) is 7.41. The number of piperidine rings is 1. The fourth-order valence-corrected chi connectivity index (χ4v) is 3.38. The maximum atomic E-state index is 12.6. The number of rotatable bonds is 5. The number of carbonyl (C=O) groups is 1. The van der Waals surface area contributed by atoms with Crippen LogP contribution in [-0.2, 0) is 9.53 Å². The van der Waals surface area contributed by atoms with Crippen molar-refractivity contribution in [2.24, 2.45) is 5.92 Å². The van der Waals surface area contributed by atoms with Gasteiger partial charge in [-0.15, -0.1) is 0 Å². The molecule has 1 N–H and O–H groups in total. The minimum Gasteiger partial charge on any atom is -0.460 e. The van der Waals surface area contributed by atoms with Gasteiger partial charge >= 0.3 is 5.97 Å². The molecule has 1 saturated heterocycles. The molecule has 1 unspecified atom stereocenters. The van der Waals surface area contributed by atoms with Crippen LogP contribution in [0.3, 0.4) is 0 Å². The van der Waals surface area contributed by atoms with Crippen LogP contribution in [0, 0.1) is 5.92 Å². The summed E-state index contributed by atoms with van der Waals surface area (Å²) >= 11 is 0. The quantitative estimate of drug-likeness (QED) is 0.625. The van der Waals surface area contributed by atoms with Gasteiger partial charge in [0.2, 0.25) is 0 Å². The van der Waals surface area contributed by atoms with Gasteiger partial charge in [-0.05, 0) is 45.2 Å². The first-order chi connectivity index (χ1) is 10.1. The van der Waals surface area contributed by atoms with Crippen LogP contribution in [0.2, 0.25) is 0 Å². The van der Waals surface area contributed by atoms with E-state index in [4.69, 9.17) is 4.74 Å². The van der Waals surface area contributed by atoms with Gasteiger partial charge in [0, 0.05) is 19.0 Å². The molecular weight excluding hydrogens is 266 g/mol. The third-order valence-corrected chi connectivity index (χ3v) is 4.85. The zero-order valence-corrected chi connectivity index (χ0v) is 13.4. The average Bonchev–Trinajstić information content (AvgIpc) is 3.02. The first kappa shape index (κ1) is 16.5. The number of hydrogen-bond donors (Lipinski definition) is 1. The van der Waals surface area contributed by atoms with Gasteiger partial charge in [0.05, 0.1) is 0 Å². The fraction of sp³-hybridized carbons (Fsp3) is 0.824. The minimum absolute atomic E-state index is 0.0130. The Morgan fingerprint density at radius 1 is 1.29 bits per heavy atom. The molecule has 2 rings (SSSR count). The molecule has 0 aromatic rings. The van der Waals surface area contributed by atoms with Crippen LogP contribution in [0.1, 0.15) is 51.9 Å². The van der Waals surface area contributed by atoms with Crippen LogP contribution in [0.15, 0.2) is 12.2 Å². The van der Waals surface area contributed by atoms with Gasteiger partial charge in [-0.2, -0.15) is 0 Å². The largest absolute Gasteiger partial charge is 0.460 e. The van der Waals surface area contributed by atoms with Crippen LogP contribution in [-0.4, -0.2) is 47.8 Å². The van der Waals surface area contributed by atoms with Crippen molar-refractivity contribution in [2.75, 3.05) is 20.1 Å². The van der Waals surface area contributed by atoms with Crippen LogP contribution >= 0.6 is 0 Å². The van der Waals surface area contributed by atoms with Crippen LogP contribution in [0.5, 0.6) is 0 Å². The lowest BCUT2D eigenvalue weighted by Crippen LogP contribution is -2.47. The molecule has 1 atom stereocenters. The number of aliphatic hydroxyl groups is 1. The molecule has 0 spiro atoms. The summed E-state index contributed by atoms with van der Waals surface area (Å²) in [4.78, 5) is 14.8. The summed E-state index contributed by atoms with van der Waals surface area (Å²) in [6.45, 7) is 3.91. The third-order valence-electron chi connectivity index (χ3n) is 4.85. The van der Waals surface area contributed by atoms with E-state index in [1.807, 2.05) is 13.0 Å². The highest BCUT2D eigenvalue weighted by Gasteiger charge is 2.45. The van der Waals surface area contributed by atoms with Crippen molar-refractivity contribution < 1.29 is 14.6 Å². The van der Waals surface area contributed by atoms with Crippen molar-refractivity contribution in [2.45, 2.75) is 63.6 Å². The second-order valence-electron chi connectivity index (χ2n) is 6.53. The van der Waals surface area contributed by atoms with Crippen LogP contribution in [0.4, 0.5) is 0 Å². The highest BCUT2D eigenvalue weighted by Crippen LogP contribution is 2.36. The predicted molar refractivity (Wildman–Crippen MR) is 82.9 cm³/mol. The van der Waals surface area contributed by atoms with Gasteiger partial charge in [0.25, 0.3) is 0 Å². The van der Waals surface area contributed by atoms with E-state index in [9.17, 15) is 9.90 Å². The van der Waals surface area contributed by atoms with Crippen molar-refractivity contribution in [3.05, 3.63) is 12.2 Å². The molecule has 1 saturated carbocycles. The van der Waals surface area contributed by atoms with Gasteiger partial charge < -0.3 is 14.7 Å². The number of nitrogens with zero attached hydrogens (tertiary/aromatic N) is 1. The topological polar surface area (TPSA) is 49.8 Å². The number of carbonyl (C=O) groups excluding carboxylic acids is 1. The zero-order valence-electron chi connectivity index (χ0n) is 13.4. The Labute approximate surface area is 128 Å². The molecule has 2 aliphatic rings. The lowest BCUT2D eigenvalue weighted by atomic mass is 9.85. The Balaban J connectivity index is 2.01. The van der Waals surface area contributed by atoms with Gasteiger partial charge in [-0.3, -0.25) is 0 Å². The van der Waals surface area contributed by atoms with E-state index in [1.165, 1.54) is 0 Å². The Morgan fingerprint density at radius 2 is 1.90 bits per heavy atom. The van der Waals surface area contributed by atoms with E-state index < -0.39 is 11.6 Å². The number of hydrogen-bond acceptors (Lipinski definition) is 4. The number of likely N-dealkylation sites (tertiary alicyclic amines) is 1. The predicted octanol–water partition coefficient (Wildman–Crippen LogP) is 2.51. The molecule has 2 fully saturated rings. The summed E-state index contributed by atoms with van der Waals surface area (Å²) in [7, 11) is 2.08. The summed E-state index contributed by atoms with van der Waals surface area (Å²) in [5.41, 5.74) is -1.42. The maximum absolute atomic E-state index is 12.6. The van der Waals surface area contributed by atoms with Crippen molar-refractivity contribution in [1.29, 1.82) is 0 Å². The molecule has 1 aliphatic carbocycles. The average molecular weight is 295 g/mol. The highest BCUT2D eigenvalue weighted by atomic mass is 16.6. The lowest BCUT2D eigenvalue weighted by molar-refractivity contribution is -0.173. The molecule has 0 aromatic heterocycles. The molecule has 4 heteroatoms. The van der Waals surface area contributed by atoms with Crippen LogP contribution in [0.25, 0.3) is 0 Å². The number of ether oxygens (including phenoxy) is 1. The summed E-state index contributed by atoms with van der Waals surface area (Å²) in [5.74, 6) is -0.423. The number of allylic oxidation sites excluding steroid dienone is 1. The maximum Gasteiger partial charge on any atom is 0.342 e. The standard InChI is InChI=1S/C17H29NO3/c1-3-4-11-17(20,14-7-5-6-8-14)16(19)21-15-9-12-18(2)13-10-15/h4,11,14-15,20H,3,5-10,12-13H2,1-2H3/b11-4-. The molecule has 120 valence electrons. The molecule has 4 nitrogen and oxygen atoms in total. The summed E-state index contributed by atoms with van der Waals surface area (Å²) in [6.07, 6.45) is 10.1. The molecule has 21 heavy (non-hydrogen) atoms. The first-order valence-electron chi connectivity index (χ1n) is 8.36. The van der Waals surface area contributed by atoms with E-state index in [0.717, 1.165) is 58.0 Å². The molecule has 0 radical (unpaired) electrons. The van der Waals surface area contributed by atoms with E-state index >= 15 is 0 Å². The fourth-order valence-electron chi connectivity index (χ4n) is 3.38. The van der Waals surface area contributed by atoms with Crippen molar-refractivity contribution >= 4 is 5.97 Å². The Bertz CT molecular complexity index is 368. The lowest BCUT2D eigenvalue weighted by Gasteiger charge is -2.33. The summed E-state index contributed by atoms with van der Waals surface area (Å²) in [5, 5.41) is 10.9. The van der Waals surface area contributed by atoms with Gasteiger partial charge in [-0.1, -0.05) is 25.8 Å². The van der Waals surface area contributed by atoms with Crippen molar-refractivity contribution in [3.8, 4) is 0 Å². The van der Waals surface area contributed by atoms with E-state index in [1.54, 1.807) is 6.08 Å². The second-order valence-corrected chi connectivity index (χ2v) is 6.53. The Kier molecular flexibility index (Phi) is 5.82. The SMILES string of the molecule is CC/C=C\C(O)(C(=O)OC1CCN(C)CC1)C1CCCC1. The van der Waals surface area contributed by atoms with Gasteiger partial charge in [-0.25, -0.2) is 4.79 Å². The molecule has 1 aliphatic heterocycles. The Hall–Kier alpha value is -0.870. The Morgan fingerprint density at radius 3 is 2.48 bits per heavy atom. The normalized spacial score (nSPS) is 25.3. The minimum atomic E-state index is -1.42. The van der Waals surface area contributed by atoms with Crippen molar-refractivity contribution in [3.63, 3.8) is 0 Å². The monoisotopic (exact) mass is 295 g/mol. The molecule has 1 heterocycles. The van der Waals surface area contributed by atoms with Gasteiger partial charge in [0.1, 0.15) is 6.10 Å². The van der Waals surface area contributed by atoms with Crippen LogP contribution < -0.4 is 0 Å². The molecule has 0 amide bonds. The van der Waals surface area contributed by atoms with E-state index in [2.05, 4.69) is 11.9 Å². The van der Waals surface area contributed by atoms with E-state index in [-0.39, 0.29) is 12.0 Å².